The van der Waals surface area contributed by atoms with E-state index in [0.29, 0.717) is 26.1 Å². The maximum Gasteiger partial charge on any atom is 0.220 e. The van der Waals surface area contributed by atoms with E-state index in [0.717, 1.165) is 6.42 Å². The van der Waals surface area contributed by atoms with Crippen molar-refractivity contribution in [3.63, 3.8) is 0 Å². The molecule has 0 unspecified atom stereocenters. The molecule has 1 N–H and O–H groups in total. The van der Waals surface area contributed by atoms with E-state index in [-0.39, 0.29) is 23.7 Å². The van der Waals surface area contributed by atoms with Gasteiger partial charge in [0.15, 0.2) is 0 Å². The molecule has 0 rings (SSSR count). The average Bonchev–Trinajstić information content (AvgIpc) is 2.39. The predicted octanol–water partition coefficient (Wildman–Crippen LogP) is 1.15. The van der Waals surface area contributed by atoms with Crippen LogP contribution in [0.2, 0.25) is 0 Å². The molecule has 0 aliphatic rings. The summed E-state index contributed by atoms with van der Waals surface area (Å²) >= 11 is 0. The highest BCUT2D eigenvalue weighted by atomic mass is 16.7. The van der Waals surface area contributed by atoms with Crippen LogP contribution in [0.25, 0.3) is 0 Å². The third-order valence-corrected chi connectivity index (χ3v) is 2.86. The standard InChI is InChI=1S/C14H28N2O4/c1-12(17)7-8-13(18)15-9-6-10-16(4)20-11-14(2,3)19-5/h6-11H2,1-5H3,(H,15,18). The highest BCUT2D eigenvalue weighted by Gasteiger charge is 2.17. The molecule has 0 radical (unpaired) electrons. The van der Waals surface area contributed by atoms with Crippen molar-refractivity contribution in [1.29, 1.82) is 0 Å². The third-order valence-electron chi connectivity index (χ3n) is 2.86. The second-order valence-corrected chi connectivity index (χ2v) is 5.49. The van der Waals surface area contributed by atoms with Gasteiger partial charge >= 0.3 is 0 Å². The summed E-state index contributed by atoms with van der Waals surface area (Å²) in [4.78, 5) is 27.6. The summed E-state index contributed by atoms with van der Waals surface area (Å²) in [6, 6.07) is 0. The Hall–Kier alpha value is -0.980. The molecule has 0 saturated heterocycles. The predicted molar refractivity (Wildman–Crippen MR) is 77.2 cm³/mol. The number of hydroxylamine groups is 2. The van der Waals surface area contributed by atoms with Crippen molar-refractivity contribution in [1.82, 2.24) is 10.4 Å². The molecular formula is C14H28N2O4. The van der Waals surface area contributed by atoms with Crippen LogP contribution in [-0.4, -0.2) is 56.2 Å². The minimum Gasteiger partial charge on any atom is -0.376 e. The Morgan fingerprint density at radius 1 is 1.25 bits per heavy atom. The number of methoxy groups -OCH3 is 1. The molecule has 0 aliphatic heterocycles. The second kappa shape index (κ2) is 9.85. The van der Waals surface area contributed by atoms with Gasteiger partial charge in [-0.1, -0.05) is 0 Å². The van der Waals surface area contributed by atoms with E-state index in [1.54, 1.807) is 12.2 Å². The van der Waals surface area contributed by atoms with Crippen molar-refractivity contribution in [2.75, 3.05) is 33.9 Å². The molecule has 0 fully saturated rings. The number of ketones is 1. The minimum absolute atomic E-state index is 0.0361. The zero-order valence-electron chi connectivity index (χ0n) is 13.3. The quantitative estimate of drug-likeness (QED) is 0.456. The van der Waals surface area contributed by atoms with Crippen LogP contribution in [0.3, 0.4) is 0 Å². The third kappa shape index (κ3) is 10.9. The summed E-state index contributed by atoms with van der Waals surface area (Å²) in [5.41, 5.74) is -0.310. The molecule has 0 saturated carbocycles. The van der Waals surface area contributed by atoms with Crippen molar-refractivity contribution in [2.24, 2.45) is 0 Å². The Bertz CT molecular complexity index is 306. The molecule has 0 spiro atoms. The number of nitrogens with one attached hydrogen (secondary N) is 1. The van der Waals surface area contributed by atoms with Crippen LogP contribution in [0.5, 0.6) is 0 Å². The van der Waals surface area contributed by atoms with E-state index in [1.165, 1.54) is 6.92 Å². The van der Waals surface area contributed by atoms with Gasteiger partial charge in [0.1, 0.15) is 5.78 Å². The minimum atomic E-state index is -0.310. The molecule has 0 aliphatic carbocycles. The highest BCUT2D eigenvalue weighted by molar-refractivity contribution is 5.83. The number of hydrogen-bond donors (Lipinski definition) is 1. The molecule has 1 amide bonds. The maximum absolute atomic E-state index is 11.4. The van der Waals surface area contributed by atoms with Crippen molar-refractivity contribution >= 4 is 11.7 Å². The van der Waals surface area contributed by atoms with E-state index in [4.69, 9.17) is 9.57 Å². The number of amides is 1. The topological polar surface area (TPSA) is 67.9 Å². The number of Topliss-reactive ketones (excluding diaryl/α,β-unsaturated/α-hetero) is 1. The van der Waals surface area contributed by atoms with Crippen LogP contribution in [-0.2, 0) is 19.2 Å². The first-order chi connectivity index (χ1) is 9.26. The van der Waals surface area contributed by atoms with Gasteiger partial charge in [-0.2, -0.15) is 5.06 Å². The molecule has 0 aromatic heterocycles. The van der Waals surface area contributed by atoms with Crippen LogP contribution >= 0.6 is 0 Å². The maximum atomic E-state index is 11.4. The largest absolute Gasteiger partial charge is 0.376 e. The molecule has 0 heterocycles. The first-order valence-electron chi connectivity index (χ1n) is 6.92. The lowest BCUT2D eigenvalue weighted by Crippen LogP contribution is -2.35. The van der Waals surface area contributed by atoms with E-state index in [2.05, 4.69) is 5.32 Å². The van der Waals surface area contributed by atoms with Crippen LogP contribution in [0, 0.1) is 0 Å². The normalized spacial score (nSPS) is 11.7. The van der Waals surface area contributed by atoms with Gasteiger partial charge in [0.2, 0.25) is 5.91 Å². The molecule has 0 atom stereocenters. The molecule has 6 nitrogen and oxygen atoms in total. The second-order valence-electron chi connectivity index (χ2n) is 5.49. The van der Waals surface area contributed by atoms with E-state index in [1.807, 2.05) is 20.9 Å². The number of carbonyl (C=O) groups is 2. The van der Waals surface area contributed by atoms with E-state index < -0.39 is 0 Å². The van der Waals surface area contributed by atoms with Crippen molar-refractivity contribution in [3.8, 4) is 0 Å². The van der Waals surface area contributed by atoms with Gasteiger partial charge in [-0.15, -0.1) is 0 Å². The van der Waals surface area contributed by atoms with E-state index in [9.17, 15) is 9.59 Å². The Morgan fingerprint density at radius 3 is 2.45 bits per heavy atom. The zero-order chi connectivity index (χ0) is 15.6. The van der Waals surface area contributed by atoms with Crippen molar-refractivity contribution < 1.29 is 19.2 Å². The van der Waals surface area contributed by atoms with Crippen molar-refractivity contribution in [2.45, 2.75) is 45.6 Å². The van der Waals surface area contributed by atoms with Gasteiger partial charge in [-0.25, -0.2) is 0 Å². The SMILES string of the molecule is COC(C)(C)CON(C)CCCNC(=O)CCC(C)=O. The number of nitrogens with zero attached hydrogens (tertiary/aromatic N) is 1. The first-order valence-corrected chi connectivity index (χ1v) is 6.92. The first kappa shape index (κ1) is 19.0. The number of hydrogen-bond acceptors (Lipinski definition) is 5. The lowest BCUT2D eigenvalue weighted by Gasteiger charge is -2.26. The lowest BCUT2D eigenvalue weighted by molar-refractivity contribution is -0.185. The Balaban J connectivity index is 3.59. The molecule has 0 aromatic rings. The molecule has 20 heavy (non-hydrogen) atoms. The molecule has 0 aromatic carbocycles. The lowest BCUT2D eigenvalue weighted by atomic mass is 10.2. The van der Waals surface area contributed by atoms with Crippen LogP contribution < -0.4 is 5.32 Å². The fourth-order valence-electron chi connectivity index (χ4n) is 1.30. The van der Waals surface area contributed by atoms with Gasteiger partial charge in [0, 0.05) is 40.1 Å². The number of carbonyl (C=O) groups excluding carboxylic acids is 2. The summed E-state index contributed by atoms with van der Waals surface area (Å²) in [5.74, 6) is -0.0432. The summed E-state index contributed by atoms with van der Waals surface area (Å²) in [6.45, 7) is 7.17. The summed E-state index contributed by atoms with van der Waals surface area (Å²) < 4.78 is 5.26. The monoisotopic (exact) mass is 288 g/mol. The van der Waals surface area contributed by atoms with E-state index >= 15 is 0 Å². The summed E-state index contributed by atoms with van der Waals surface area (Å²) in [6.07, 6.45) is 1.36. The smallest absolute Gasteiger partial charge is 0.220 e. The van der Waals surface area contributed by atoms with Crippen LogP contribution in [0.4, 0.5) is 0 Å². The molecular weight excluding hydrogens is 260 g/mol. The fourth-order valence-corrected chi connectivity index (χ4v) is 1.30. The number of ether oxygens (including phenoxy) is 1. The van der Waals surface area contributed by atoms with Gasteiger partial charge in [0.25, 0.3) is 0 Å². The molecule has 6 heteroatoms. The highest BCUT2D eigenvalue weighted by Crippen LogP contribution is 2.08. The fraction of sp³-hybridized carbons (Fsp3) is 0.857. The zero-order valence-corrected chi connectivity index (χ0v) is 13.3. The molecule has 0 bridgehead atoms. The van der Waals surface area contributed by atoms with Crippen LogP contribution in [0.15, 0.2) is 0 Å². The van der Waals surface area contributed by atoms with Crippen LogP contribution in [0.1, 0.15) is 40.0 Å². The van der Waals surface area contributed by atoms with Gasteiger partial charge in [-0.3, -0.25) is 9.63 Å². The Labute approximate surface area is 121 Å². The van der Waals surface area contributed by atoms with Gasteiger partial charge in [0.05, 0.1) is 12.2 Å². The summed E-state index contributed by atoms with van der Waals surface area (Å²) in [5, 5.41) is 4.52. The summed E-state index contributed by atoms with van der Waals surface area (Å²) in [7, 11) is 3.50. The van der Waals surface area contributed by atoms with Crippen molar-refractivity contribution in [3.05, 3.63) is 0 Å². The molecule has 118 valence electrons. The Kier molecular flexibility index (Phi) is 9.37. The Morgan fingerprint density at radius 2 is 1.90 bits per heavy atom. The van der Waals surface area contributed by atoms with Gasteiger partial charge in [-0.05, 0) is 27.2 Å². The van der Waals surface area contributed by atoms with Gasteiger partial charge < -0.3 is 14.8 Å². The average molecular weight is 288 g/mol. The number of rotatable bonds is 11.